The van der Waals surface area contributed by atoms with Crippen LogP contribution in [0.25, 0.3) is 0 Å². The maximum absolute atomic E-state index is 4.03. The van der Waals surface area contributed by atoms with Crippen LogP contribution >= 0.6 is 0 Å². The fraction of sp³-hybridized carbons (Fsp3) is 0.286. The number of nitrogens with one attached hydrogen (secondary N) is 1. The zero-order chi connectivity index (χ0) is 7.23. The Morgan fingerprint density at radius 1 is 1.80 bits per heavy atom. The number of rotatable bonds is 3. The molecule has 0 saturated carbocycles. The summed E-state index contributed by atoms with van der Waals surface area (Å²) in [5.41, 5.74) is 3.09. The van der Waals surface area contributed by atoms with Crippen LogP contribution in [-0.2, 0) is 0 Å². The van der Waals surface area contributed by atoms with E-state index in [2.05, 4.69) is 17.0 Å². The van der Waals surface area contributed by atoms with Crippen LogP contribution in [0.5, 0.6) is 0 Å². The van der Waals surface area contributed by atoms with Gasteiger partial charge < -0.3 is 0 Å². The number of nitrogens with zero attached hydrogens (tertiary/aromatic N) is 2. The molecular weight excluding hydrogens is 126 g/mol. The molecular formula is C7H11N3. The summed E-state index contributed by atoms with van der Waals surface area (Å²) in [6.07, 6.45) is 7.42. The Balaban J connectivity index is 2.23. The van der Waals surface area contributed by atoms with E-state index in [1.54, 1.807) is 6.21 Å². The molecule has 0 amide bonds. The molecule has 0 aliphatic carbocycles. The van der Waals surface area contributed by atoms with Gasteiger partial charge in [0.25, 0.3) is 0 Å². The van der Waals surface area contributed by atoms with Crippen molar-refractivity contribution in [2.45, 2.75) is 0 Å². The third-order valence-electron chi connectivity index (χ3n) is 1.13. The number of hydrogen-bond donors (Lipinski definition) is 1. The van der Waals surface area contributed by atoms with Gasteiger partial charge >= 0.3 is 0 Å². The minimum Gasteiger partial charge on any atom is -0.294 e. The Morgan fingerprint density at radius 3 is 3.30 bits per heavy atom. The van der Waals surface area contributed by atoms with Crippen molar-refractivity contribution >= 4 is 6.21 Å². The molecule has 0 aromatic rings. The Kier molecular flexibility index (Phi) is 2.70. The molecule has 3 nitrogen and oxygen atoms in total. The molecule has 54 valence electrons. The van der Waals surface area contributed by atoms with Crippen LogP contribution in [0.2, 0.25) is 0 Å². The molecule has 0 spiro atoms. The molecule has 1 heterocycles. The average Bonchev–Trinajstić information content (AvgIpc) is 2.03. The summed E-state index contributed by atoms with van der Waals surface area (Å²) in [5, 5.41) is 1.90. The largest absolute Gasteiger partial charge is 0.294 e. The number of hydrogen-bond acceptors (Lipinski definition) is 3. The first-order valence-corrected chi connectivity index (χ1v) is 3.21. The first-order valence-electron chi connectivity index (χ1n) is 3.21. The van der Waals surface area contributed by atoms with Gasteiger partial charge in [0.05, 0.1) is 0 Å². The SMILES string of the molecule is C=CCNN1C=CC=NC1. The molecule has 1 N–H and O–H groups in total. The van der Waals surface area contributed by atoms with Gasteiger partial charge in [0, 0.05) is 19.0 Å². The van der Waals surface area contributed by atoms with Crippen LogP contribution in [0.3, 0.4) is 0 Å². The van der Waals surface area contributed by atoms with E-state index < -0.39 is 0 Å². The highest BCUT2D eigenvalue weighted by Gasteiger charge is 1.94. The van der Waals surface area contributed by atoms with E-state index in [0.29, 0.717) is 6.67 Å². The highest BCUT2D eigenvalue weighted by Crippen LogP contribution is 1.89. The molecule has 0 bridgehead atoms. The summed E-state index contributed by atoms with van der Waals surface area (Å²) < 4.78 is 0. The minimum absolute atomic E-state index is 0.685. The van der Waals surface area contributed by atoms with Crippen molar-refractivity contribution in [3.05, 3.63) is 24.9 Å². The van der Waals surface area contributed by atoms with Crippen LogP contribution in [0.4, 0.5) is 0 Å². The lowest BCUT2D eigenvalue weighted by Gasteiger charge is -2.19. The van der Waals surface area contributed by atoms with E-state index in [1.165, 1.54) is 0 Å². The summed E-state index contributed by atoms with van der Waals surface area (Å²) in [5.74, 6) is 0. The van der Waals surface area contributed by atoms with Gasteiger partial charge in [0.2, 0.25) is 0 Å². The second-order valence-electron chi connectivity index (χ2n) is 1.94. The molecule has 0 saturated heterocycles. The van der Waals surface area contributed by atoms with Crippen molar-refractivity contribution in [3.8, 4) is 0 Å². The van der Waals surface area contributed by atoms with E-state index in [0.717, 1.165) is 6.54 Å². The van der Waals surface area contributed by atoms with Gasteiger partial charge in [0.1, 0.15) is 6.67 Å². The van der Waals surface area contributed by atoms with Crippen molar-refractivity contribution in [3.63, 3.8) is 0 Å². The molecule has 1 rings (SSSR count). The lowest BCUT2D eigenvalue weighted by molar-refractivity contribution is 0.292. The zero-order valence-electron chi connectivity index (χ0n) is 5.83. The van der Waals surface area contributed by atoms with Gasteiger partial charge in [-0.1, -0.05) is 6.08 Å². The summed E-state index contributed by atoms with van der Waals surface area (Å²) >= 11 is 0. The minimum atomic E-state index is 0.685. The number of allylic oxidation sites excluding steroid dienone is 1. The first-order chi connectivity index (χ1) is 4.93. The van der Waals surface area contributed by atoms with Gasteiger partial charge in [-0.2, -0.15) is 0 Å². The number of aliphatic imine (C=N–C) groups is 1. The summed E-state index contributed by atoms with van der Waals surface area (Å²) in [6, 6.07) is 0. The van der Waals surface area contributed by atoms with Crippen LogP contribution < -0.4 is 5.43 Å². The smallest absolute Gasteiger partial charge is 0.124 e. The van der Waals surface area contributed by atoms with E-state index in [-0.39, 0.29) is 0 Å². The van der Waals surface area contributed by atoms with Crippen molar-refractivity contribution in [1.82, 2.24) is 10.4 Å². The number of hydrazine groups is 1. The molecule has 0 aromatic heterocycles. The molecule has 0 aromatic carbocycles. The van der Waals surface area contributed by atoms with Gasteiger partial charge in [-0.25, -0.2) is 5.43 Å². The molecule has 0 radical (unpaired) electrons. The highest BCUT2D eigenvalue weighted by molar-refractivity contribution is 5.71. The topological polar surface area (TPSA) is 27.6 Å². The van der Waals surface area contributed by atoms with E-state index in [9.17, 15) is 0 Å². The van der Waals surface area contributed by atoms with Gasteiger partial charge in [0.15, 0.2) is 0 Å². The Hall–Kier alpha value is -1.09. The molecule has 0 fully saturated rings. The fourth-order valence-electron chi connectivity index (χ4n) is 0.670. The monoisotopic (exact) mass is 137 g/mol. The zero-order valence-corrected chi connectivity index (χ0v) is 5.83. The van der Waals surface area contributed by atoms with E-state index in [1.807, 2.05) is 23.4 Å². The molecule has 0 atom stereocenters. The second kappa shape index (κ2) is 3.85. The fourth-order valence-corrected chi connectivity index (χ4v) is 0.670. The Labute approximate surface area is 60.7 Å². The van der Waals surface area contributed by atoms with Crippen LogP contribution in [0, 0.1) is 0 Å². The third kappa shape index (κ3) is 2.03. The van der Waals surface area contributed by atoms with Crippen LogP contribution in [-0.4, -0.2) is 24.4 Å². The predicted octanol–water partition coefficient (Wildman–Crippen LogP) is 0.535. The standard InChI is InChI=1S/C7H11N3/c1-2-4-9-10-6-3-5-8-7-10/h2-3,5-6,9H,1,4,7H2. The lowest BCUT2D eigenvalue weighted by Crippen LogP contribution is -2.34. The quantitative estimate of drug-likeness (QED) is 0.575. The van der Waals surface area contributed by atoms with Crippen LogP contribution in [0.1, 0.15) is 0 Å². The second-order valence-corrected chi connectivity index (χ2v) is 1.94. The lowest BCUT2D eigenvalue weighted by atomic mass is 10.6. The normalized spacial score (nSPS) is 15.8. The summed E-state index contributed by atoms with van der Waals surface area (Å²) in [4.78, 5) is 4.03. The summed E-state index contributed by atoms with van der Waals surface area (Å²) in [6.45, 7) is 5.06. The Bertz CT molecular complexity index is 160. The Morgan fingerprint density at radius 2 is 2.70 bits per heavy atom. The molecule has 10 heavy (non-hydrogen) atoms. The molecule has 3 heteroatoms. The van der Waals surface area contributed by atoms with Crippen molar-refractivity contribution in [1.29, 1.82) is 0 Å². The molecule has 0 unspecified atom stereocenters. The maximum Gasteiger partial charge on any atom is 0.124 e. The van der Waals surface area contributed by atoms with Crippen molar-refractivity contribution in [2.75, 3.05) is 13.2 Å². The predicted molar refractivity (Wildman–Crippen MR) is 42.5 cm³/mol. The summed E-state index contributed by atoms with van der Waals surface area (Å²) in [7, 11) is 0. The van der Waals surface area contributed by atoms with E-state index in [4.69, 9.17) is 0 Å². The van der Waals surface area contributed by atoms with Crippen molar-refractivity contribution in [2.24, 2.45) is 4.99 Å². The average molecular weight is 137 g/mol. The maximum atomic E-state index is 4.03. The van der Waals surface area contributed by atoms with Gasteiger partial charge in [-0.15, -0.1) is 6.58 Å². The van der Waals surface area contributed by atoms with Crippen LogP contribution in [0.15, 0.2) is 29.9 Å². The third-order valence-corrected chi connectivity index (χ3v) is 1.13. The first kappa shape index (κ1) is 7.02. The molecule has 1 aliphatic heterocycles. The van der Waals surface area contributed by atoms with E-state index >= 15 is 0 Å². The molecule has 1 aliphatic rings. The van der Waals surface area contributed by atoms with Crippen molar-refractivity contribution < 1.29 is 0 Å². The van der Waals surface area contributed by atoms with Gasteiger partial charge in [-0.05, 0) is 6.08 Å². The van der Waals surface area contributed by atoms with Gasteiger partial charge in [-0.3, -0.25) is 10.0 Å². The highest BCUT2D eigenvalue weighted by atomic mass is 15.5.